The summed E-state index contributed by atoms with van der Waals surface area (Å²) in [4.78, 5) is 13.4. The summed E-state index contributed by atoms with van der Waals surface area (Å²) >= 11 is 0. The van der Waals surface area contributed by atoms with E-state index in [4.69, 9.17) is 9.84 Å². The Morgan fingerprint density at radius 2 is 1.72 bits per heavy atom. The minimum atomic E-state index is -0.272. The topological polar surface area (TPSA) is 98.4 Å². The molecule has 2 atom stereocenters. The third-order valence-corrected chi connectivity index (χ3v) is 7.94. The minimum absolute atomic E-state index is 0.135. The highest BCUT2D eigenvalue weighted by molar-refractivity contribution is 5.89. The second kappa shape index (κ2) is 11.2. The van der Waals surface area contributed by atoms with Crippen LogP contribution in [0.3, 0.4) is 0 Å². The number of rotatable bonds is 6. The van der Waals surface area contributed by atoms with Crippen molar-refractivity contribution < 1.29 is 9.53 Å². The lowest BCUT2D eigenvalue weighted by Crippen LogP contribution is -2.36. The minimum Gasteiger partial charge on any atom is -0.486 e. The molecule has 0 saturated heterocycles. The van der Waals surface area contributed by atoms with Crippen LogP contribution in [0.1, 0.15) is 93.7 Å². The lowest BCUT2D eigenvalue weighted by molar-refractivity contribution is 0.172. The molecule has 5 aromatic rings. The maximum atomic E-state index is 13.4. The molecule has 0 fully saturated rings. The van der Waals surface area contributed by atoms with Gasteiger partial charge in [0.25, 0.3) is 0 Å². The summed E-state index contributed by atoms with van der Waals surface area (Å²) in [6.07, 6.45) is 3.33. The number of aromatic nitrogens is 5. The van der Waals surface area contributed by atoms with Crippen molar-refractivity contribution in [3.8, 4) is 11.4 Å². The second-order valence-corrected chi connectivity index (χ2v) is 12.7. The summed E-state index contributed by atoms with van der Waals surface area (Å²) in [6, 6.07) is 21.7. The van der Waals surface area contributed by atoms with Gasteiger partial charge in [0.05, 0.1) is 17.4 Å². The van der Waals surface area contributed by atoms with Gasteiger partial charge >= 0.3 is 6.03 Å². The predicted octanol–water partition coefficient (Wildman–Crippen LogP) is 7.42. The van der Waals surface area contributed by atoms with Gasteiger partial charge in [-0.2, -0.15) is 5.10 Å². The number of pyridine rings is 1. The van der Waals surface area contributed by atoms with E-state index >= 15 is 0 Å². The van der Waals surface area contributed by atoms with Crippen LogP contribution >= 0.6 is 0 Å². The Balaban J connectivity index is 1.20. The Hall–Kier alpha value is -4.66. The van der Waals surface area contributed by atoms with Crippen LogP contribution in [-0.4, -0.2) is 30.4 Å². The van der Waals surface area contributed by atoms with Gasteiger partial charge in [-0.3, -0.25) is 9.72 Å². The third-order valence-electron chi connectivity index (χ3n) is 7.94. The van der Waals surface area contributed by atoms with Gasteiger partial charge in [-0.25, -0.2) is 9.48 Å². The molecule has 2 amide bonds. The predicted molar refractivity (Wildman–Crippen MR) is 168 cm³/mol. The van der Waals surface area contributed by atoms with Gasteiger partial charge in [0.2, 0.25) is 0 Å². The Kier molecular flexibility index (Phi) is 7.42. The smallest absolute Gasteiger partial charge is 0.320 e. The van der Waals surface area contributed by atoms with E-state index in [0.717, 1.165) is 58.1 Å². The maximum absolute atomic E-state index is 13.4. The first-order valence-corrected chi connectivity index (χ1v) is 14.9. The van der Waals surface area contributed by atoms with Gasteiger partial charge in [-0.05, 0) is 49.1 Å². The molecule has 0 spiro atoms. The first kappa shape index (κ1) is 28.5. The number of urea groups is 1. The summed E-state index contributed by atoms with van der Waals surface area (Å²) in [7, 11) is 0. The number of benzene rings is 2. The van der Waals surface area contributed by atoms with Crippen LogP contribution in [0.5, 0.6) is 5.75 Å². The van der Waals surface area contributed by atoms with Crippen molar-refractivity contribution in [2.45, 2.75) is 77.9 Å². The molecule has 2 N–H and O–H groups in total. The van der Waals surface area contributed by atoms with Crippen LogP contribution in [0.25, 0.3) is 11.3 Å². The first-order chi connectivity index (χ1) is 20.6. The summed E-state index contributed by atoms with van der Waals surface area (Å²) < 4.78 is 10.3. The molecule has 1 aliphatic rings. The molecule has 3 heterocycles. The van der Waals surface area contributed by atoms with E-state index in [1.54, 1.807) is 4.68 Å². The molecule has 43 heavy (non-hydrogen) atoms. The second-order valence-electron chi connectivity index (χ2n) is 12.7. The van der Waals surface area contributed by atoms with Gasteiger partial charge in [-0.15, -0.1) is 10.2 Å². The average Bonchev–Trinajstić information content (AvgIpc) is 3.59. The molecule has 0 aliphatic heterocycles. The Bertz CT molecular complexity index is 1760. The highest BCUT2D eigenvalue weighted by atomic mass is 16.5. The number of carbonyl (C=O) groups is 1. The van der Waals surface area contributed by atoms with Crippen molar-refractivity contribution in [1.82, 2.24) is 29.7 Å². The number of anilines is 1. The summed E-state index contributed by atoms with van der Waals surface area (Å²) in [5.41, 5.74) is 5.68. The average molecular weight is 578 g/mol. The van der Waals surface area contributed by atoms with Crippen LogP contribution in [0.2, 0.25) is 0 Å². The number of aryl methyl sites for hydroxylation is 1. The zero-order chi connectivity index (χ0) is 30.3. The Morgan fingerprint density at radius 1 is 0.977 bits per heavy atom. The van der Waals surface area contributed by atoms with Crippen LogP contribution in [0.4, 0.5) is 10.6 Å². The fraction of sp³-hybridized carbons (Fsp3) is 0.353. The van der Waals surface area contributed by atoms with E-state index in [-0.39, 0.29) is 29.5 Å². The molecule has 1 unspecified atom stereocenters. The normalized spacial score (nSPS) is 16.7. The fourth-order valence-electron chi connectivity index (χ4n) is 5.57. The quantitative estimate of drug-likeness (QED) is 0.219. The van der Waals surface area contributed by atoms with Crippen LogP contribution < -0.4 is 15.4 Å². The summed E-state index contributed by atoms with van der Waals surface area (Å²) in [6.45, 7) is 12.6. The van der Waals surface area contributed by atoms with E-state index in [0.29, 0.717) is 5.82 Å². The molecule has 9 nitrogen and oxygen atoms in total. The monoisotopic (exact) mass is 577 g/mol. The zero-order valence-electron chi connectivity index (χ0n) is 25.6. The van der Waals surface area contributed by atoms with Crippen LogP contribution in [0.15, 0.2) is 72.9 Å². The molecule has 6 rings (SSSR count). The largest absolute Gasteiger partial charge is 0.486 e. The standard InChI is InChI=1S/C34H39N7O2/c1-21(2)32-38-37-31-19-24(17-18-40(31)32)43-28-16-15-27(25-9-7-8-10-26(25)28)35-33(42)36-30-20-29(34(4,5)6)39-41(30)23-13-11-22(3)12-14-23/h7-14,17-21,27-28H,15-16H2,1-6H3,(H2,35,36,42)/t27-,28?/m0/s1. The highest BCUT2D eigenvalue weighted by Gasteiger charge is 2.30. The van der Waals surface area contributed by atoms with Crippen molar-refractivity contribution in [3.05, 3.63) is 101 Å². The van der Waals surface area contributed by atoms with Gasteiger partial charge < -0.3 is 10.1 Å². The maximum Gasteiger partial charge on any atom is 0.320 e. The lowest BCUT2D eigenvalue weighted by Gasteiger charge is -2.32. The van der Waals surface area contributed by atoms with E-state index in [9.17, 15) is 4.79 Å². The van der Waals surface area contributed by atoms with E-state index in [1.807, 2.05) is 65.2 Å². The number of fused-ring (bicyclic) bond motifs is 2. The molecule has 0 bridgehead atoms. The van der Waals surface area contributed by atoms with Crippen molar-refractivity contribution in [2.75, 3.05) is 5.32 Å². The summed E-state index contributed by atoms with van der Waals surface area (Å²) in [5.74, 6) is 2.57. The van der Waals surface area contributed by atoms with Gasteiger partial charge in [0.1, 0.15) is 23.5 Å². The van der Waals surface area contributed by atoms with E-state index in [2.05, 4.69) is 74.5 Å². The molecular formula is C34H39N7O2. The van der Waals surface area contributed by atoms with E-state index in [1.165, 1.54) is 0 Å². The SMILES string of the molecule is Cc1ccc(-n2nc(C(C)(C)C)cc2NC(=O)N[C@H]2CCC(Oc3ccn4c(C(C)C)nnc4c3)c3ccccc32)cc1. The molecule has 1 aliphatic carbocycles. The summed E-state index contributed by atoms with van der Waals surface area (Å²) in [5, 5.41) is 19.8. The Labute approximate surface area is 252 Å². The van der Waals surface area contributed by atoms with Crippen molar-refractivity contribution >= 4 is 17.5 Å². The third kappa shape index (κ3) is 5.84. The van der Waals surface area contributed by atoms with Gasteiger partial charge in [-0.1, -0.05) is 76.6 Å². The number of amides is 2. The van der Waals surface area contributed by atoms with Crippen molar-refractivity contribution in [2.24, 2.45) is 0 Å². The number of ether oxygens (including phenoxy) is 1. The molecule has 0 radical (unpaired) electrons. The number of hydrogen-bond donors (Lipinski definition) is 2. The molecular weight excluding hydrogens is 538 g/mol. The Morgan fingerprint density at radius 3 is 2.44 bits per heavy atom. The lowest BCUT2D eigenvalue weighted by atomic mass is 9.85. The number of hydrogen-bond acceptors (Lipinski definition) is 5. The van der Waals surface area contributed by atoms with Crippen molar-refractivity contribution in [3.63, 3.8) is 0 Å². The molecule has 3 aromatic heterocycles. The molecule has 222 valence electrons. The van der Waals surface area contributed by atoms with Gasteiger partial charge in [0.15, 0.2) is 5.65 Å². The number of nitrogens with one attached hydrogen (secondary N) is 2. The molecule has 0 saturated carbocycles. The number of carbonyl (C=O) groups excluding carboxylic acids is 1. The molecule has 9 heteroatoms. The zero-order valence-corrected chi connectivity index (χ0v) is 25.6. The first-order valence-electron chi connectivity index (χ1n) is 14.9. The fourth-order valence-corrected chi connectivity index (χ4v) is 5.57. The highest BCUT2D eigenvalue weighted by Crippen LogP contribution is 2.39. The van der Waals surface area contributed by atoms with Crippen LogP contribution in [0, 0.1) is 6.92 Å². The number of nitrogens with zero attached hydrogens (tertiary/aromatic N) is 5. The molecule has 2 aromatic carbocycles. The van der Waals surface area contributed by atoms with Crippen LogP contribution in [-0.2, 0) is 5.41 Å². The van der Waals surface area contributed by atoms with E-state index < -0.39 is 0 Å². The van der Waals surface area contributed by atoms with Gasteiger partial charge in [0, 0.05) is 29.7 Å². The van der Waals surface area contributed by atoms with Crippen molar-refractivity contribution in [1.29, 1.82) is 0 Å².